The fourth-order valence-electron chi connectivity index (χ4n) is 3.68. The van der Waals surface area contributed by atoms with Gasteiger partial charge in [0.2, 0.25) is 0 Å². The summed E-state index contributed by atoms with van der Waals surface area (Å²) in [4.78, 5) is 8.88. The Kier molecular flexibility index (Phi) is 4.00. The largest absolute Gasteiger partial charge is 0.367 e. The molecule has 0 spiro atoms. The minimum Gasteiger partial charge on any atom is -0.367 e. The molecule has 0 aliphatic heterocycles. The van der Waals surface area contributed by atoms with Crippen molar-refractivity contribution in [2.45, 2.75) is 70.8 Å². The van der Waals surface area contributed by atoms with E-state index in [0.29, 0.717) is 6.04 Å². The molecule has 3 nitrogen and oxygen atoms in total. The van der Waals surface area contributed by atoms with Crippen LogP contribution in [0.2, 0.25) is 0 Å². The van der Waals surface area contributed by atoms with Crippen LogP contribution in [0.25, 0.3) is 0 Å². The Labute approximate surface area is 116 Å². The third-order valence-corrected chi connectivity index (χ3v) is 4.76. The van der Waals surface area contributed by atoms with E-state index in [4.69, 9.17) is 0 Å². The summed E-state index contributed by atoms with van der Waals surface area (Å²) in [6.45, 7) is 2.30. The van der Waals surface area contributed by atoms with Gasteiger partial charge in [-0.25, -0.2) is 9.97 Å². The molecule has 1 heterocycles. The van der Waals surface area contributed by atoms with E-state index in [2.05, 4.69) is 22.2 Å². The Morgan fingerprint density at radius 1 is 1.16 bits per heavy atom. The van der Waals surface area contributed by atoms with E-state index in [9.17, 15) is 0 Å². The third kappa shape index (κ3) is 2.90. The van der Waals surface area contributed by atoms with Gasteiger partial charge in [0.1, 0.15) is 12.1 Å². The molecule has 0 unspecified atom stereocenters. The van der Waals surface area contributed by atoms with Gasteiger partial charge in [-0.15, -0.1) is 0 Å². The Balaban J connectivity index is 1.60. The number of aromatic nitrogens is 2. The number of rotatable bonds is 4. The van der Waals surface area contributed by atoms with Crippen LogP contribution in [0.1, 0.15) is 63.1 Å². The van der Waals surface area contributed by atoms with Crippen molar-refractivity contribution in [2.75, 3.05) is 5.32 Å². The smallest absolute Gasteiger partial charge is 0.133 e. The van der Waals surface area contributed by atoms with Crippen molar-refractivity contribution < 1.29 is 0 Å². The standard InChI is InChI=1S/C16H25N3/c1-2-4-12-7-9-13(10-8-12)19-16-14-5-3-6-15(14)17-11-18-16/h11-13H,2-10H2,1H3,(H,17,18,19). The average molecular weight is 259 g/mol. The van der Waals surface area contributed by atoms with Gasteiger partial charge in [-0.05, 0) is 50.9 Å². The van der Waals surface area contributed by atoms with E-state index in [1.165, 1.54) is 56.2 Å². The first-order chi connectivity index (χ1) is 9.36. The third-order valence-electron chi connectivity index (χ3n) is 4.76. The summed E-state index contributed by atoms with van der Waals surface area (Å²) < 4.78 is 0. The van der Waals surface area contributed by atoms with Crippen LogP contribution < -0.4 is 5.32 Å². The first kappa shape index (κ1) is 12.9. The van der Waals surface area contributed by atoms with Crippen LogP contribution in [-0.2, 0) is 12.8 Å². The zero-order valence-electron chi connectivity index (χ0n) is 12.0. The highest BCUT2D eigenvalue weighted by Gasteiger charge is 2.23. The van der Waals surface area contributed by atoms with Gasteiger partial charge in [0, 0.05) is 17.3 Å². The highest BCUT2D eigenvalue weighted by atomic mass is 15.0. The summed E-state index contributed by atoms with van der Waals surface area (Å²) in [7, 11) is 0. The summed E-state index contributed by atoms with van der Waals surface area (Å²) in [5, 5.41) is 3.69. The summed E-state index contributed by atoms with van der Waals surface area (Å²) in [5.74, 6) is 2.10. The van der Waals surface area contributed by atoms with Crippen molar-refractivity contribution in [3.63, 3.8) is 0 Å². The molecule has 3 rings (SSSR count). The molecule has 0 bridgehead atoms. The predicted octanol–water partition coefficient (Wildman–Crippen LogP) is 3.74. The maximum Gasteiger partial charge on any atom is 0.133 e. The number of fused-ring (bicyclic) bond motifs is 1. The fraction of sp³-hybridized carbons (Fsp3) is 0.750. The molecule has 1 aromatic rings. The number of hydrogen-bond donors (Lipinski definition) is 1. The normalized spacial score (nSPS) is 26.2. The summed E-state index contributed by atoms with van der Waals surface area (Å²) in [6, 6.07) is 0.632. The van der Waals surface area contributed by atoms with Crippen LogP contribution in [0.3, 0.4) is 0 Å². The zero-order chi connectivity index (χ0) is 13.1. The monoisotopic (exact) mass is 259 g/mol. The molecule has 0 radical (unpaired) electrons. The van der Waals surface area contributed by atoms with Crippen molar-refractivity contribution in [3.05, 3.63) is 17.6 Å². The first-order valence-corrected chi connectivity index (χ1v) is 7.96. The van der Waals surface area contributed by atoms with E-state index in [-0.39, 0.29) is 0 Å². The molecular formula is C16H25N3. The summed E-state index contributed by atoms with van der Waals surface area (Å²) in [5.41, 5.74) is 2.66. The SMILES string of the molecule is CCCC1CCC(Nc2ncnc3c2CCC3)CC1. The molecule has 2 aliphatic carbocycles. The van der Waals surface area contributed by atoms with E-state index in [1.807, 2.05) is 0 Å². The van der Waals surface area contributed by atoms with E-state index in [1.54, 1.807) is 6.33 Å². The molecule has 1 N–H and O–H groups in total. The highest BCUT2D eigenvalue weighted by molar-refractivity contribution is 5.48. The lowest BCUT2D eigenvalue weighted by Gasteiger charge is -2.29. The first-order valence-electron chi connectivity index (χ1n) is 7.96. The fourth-order valence-corrected chi connectivity index (χ4v) is 3.68. The highest BCUT2D eigenvalue weighted by Crippen LogP contribution is 2.31. The molecule has 2 aliphatic rings. The number of nitrogens with zero attached hydrogens (tertiary/aromatic N) is 2. The lowest BCUT2D eigenvalue weighted by atomic mass is 9.83. The molecular weight excluding hydrogens is 234 g/mol. The molecule has 1 saturated carbocycles. The Morgan fingerprint density at radius 3 is 2.79 bits per heavy atom. The molecule has 1 aromatic heterocycles. The Morgan fingerprint density at radius 2 is 2.00 bits per heavy atom. The molecule has 1 fully saturated rings. The summed E-state index contributed by atoms with van der Waals surface area (Å²) >= 11 is 0. The van der Waals surface area contributed by atoms with Crippen molar-refractivity contribution in [2.24, 2.45) is 5.92 Å². The molecule has 19 heavy (non-hydrogen) atoms. The molecule has 3 heteroatoms. The van der Waals surface area contributed by atoms with Gasteiger partial charge in [0.25, 0.3) is 0 Å². The maximum atomic E-state index is 4.48. The molecule has 104 valence electrons. The maximum absolute atomic E-state index is 4.48. The van der Waals surface area contributed by atoms with Crippen LogP contribution in [0.5, 0.6) is 0 Å². The second kappa shape index (κ2) is 5.89. The van der Waals surface area contributed by atoms with Gasteiger partial charge in [-0.2, -0.15) is 0 Å². The number of hydrogen-bond acceptors (Lipinski definition) is 3. The predicted molar refractivity (Wildman–Crippen MR) is 78.3 cm³/mol. The van der Waals surface area contributed by atoms with Gasteiger partial charge in [-0.3, -0.25) is 0 Å². The van der Waals surface area contributed by atoms with E-state index < -0.39 is 0 Å². The van der Waals surface area contributed by atoms with Gasteiger partial charge in [0.15, 0.2) is 0 Å². The molecule has 0 saturated heterocycles. The second-order valence-corrected chi connectivity index (χ2v) is 6.15. The second-order valence-electron chi connectivity index (χ2n) is 6.15. The minimum absolute atomic E-state index is 0.632. The van der Waals surface area contributed by atoms with Crippen LogP contribution >= 0.6 is 0 Å². The van der Waals surface area contributed by atoms with Gasteiger partial charge >= 0.3 is 0 Å². The van der Waals surface area contributed by atoms with Crippen molar-refractivity contribution in [3.8, 4) is 0 Å². The molecule has 0 amide bonds. The van der Waals surface area contributed by atoms with Crippen LogP contribution in [-0.4, -0.2) is 16.0 Å². The van der Waals surface area contributed by atoms with Gasteiger partial charge in [0.05, 0.1) is 0 Å². The number of nitrogens with one attached hydrogen (secondary N) is 1. The van der Waals surface area contributed by atoms with Crippen molar-refractivity contribution >= 4 is 5.82 Å². The van der Waals surface area contributed by atoms with Crippen molar-refractivity contribution in [1.29, 1.82) is 0 Å². The van der Waals surface area contributed by atoms with Crippen molar-refractivity contribution in [1.82, 2.24) is 9.97 Å². The van der Waals surface area contributed by atoms with Crippen LogP contribution in [0.15, 0.2) is 6.33 Å². The Hall–Kier alpha value is -1.12. The Bertz CT molecular complexity index is 422. The lowest BCUT2D eigenvalue weighted by Crippen LogP contribution is -2.27. The van der Waals surface area contributed by atoms with Gasteiger partial charge in [-0.1, -0.05) is 19.8 Å². The number of aryl methyl sites for hydroxylation is 1. The minimum atomic E-state index is 0.632. The van der Waals surface area contributed by atoms with E-state index in [0.717, 1.165) is 24.6 Å². The lowest BCUT2D eigenvalue weighted by molar-refractivity contribution is 0.318. The summed E-state index contributed by atoms with van der Waals surface area (Å²) in [6.07, 6.45) is 13.4. The quantitative estimate of drug-likeness (QED) is 0.895. The van der Waals surface area contributed by atoms with Crippen LogP contribution in [0.4, 0.5) is 5.82 Å². The number of anilines is 1. The zero-order valence-corrected chi connectivity index (χ0v) is 12.0. The molecule has 0 atom stereocenters. The van der Waals surface area contributed by atoms with Gasteiger partial charge < -0.3 is 5.32 Å². The average Bonchev–Trinajstić information content (AvgIpc) is 2.91. The topological polar surface area (TPSA) is 37.8 Å². The van der Waals surface area contributed by atoms with Crippen LogP contribution in [0, 0.1) is 5.92 Å². The van der Waals surface area contributed by atoms with E-state index >= 15 is 0 Å². The molecule has 0 aromatic carbocycles.